The van der Waals surface area contributed by atoms with Gasteiger partial charge in [-0.2, -0.15) is 0 Å². The molecule has 2 aromatic rings. The lowest BCUT2D eigenvalue weighted by Crippen LogP contribution is -2.21. The highest BCUT2D eigenvalue weighted by molar-refractivity contribution is 6.30. The molecule has 100 valence electrons. The first-order chi connectivity index (χ1) is 9.06. The Morgan fingerprint density at radius 2 is 1.68 bits per heavy atom. The topological polar surface area (TPSA) is 29.5 Å². The van der Waals surface area contributed by atoms with Gasteiger partial charge in [0.2, 0.25) is 0 Å². The summed E-state index contributed by atoms with van der Waals surface area (Å²) < 4.78 is 5.67. The quantitative estimate of drug-likeness (QED) is 0.900. The molecule has 0 aliphatic heterocycles. The number of hydrogen-bond donors (Lipinski definition) is 1. The Bertz CT molecular complexity index is 540. The van der Waals surface area contributed by atoms with Crippen LogP contribution in [-0.4, -0.2) is 11.2 Å². The maximum atomic E-state index is 10.2. The van der Waals surface area contributed by atoms with Gasteiger partial charge in [-0.25, -0.2) is 0 Å². The number of aliphatic hydroxyl groups excluding tert-OH is 1. The van der Waals surface area contributed by atoms with Crippen LogP contribution in [0.4, 0.5) is 0 Å². The molecule has 0 heterocycles. The predicted octanol–water partition coefficient (Wildman–Crippen LogP) is 4.49. The molecule has 0 radical (unpaired) electrons. The minimum absolute atomic E-state index is 0.389. The van der Waals surface area contributed by atoms with Gasteiger partial charge in [-0.15, -0.1) is 0 Å². The van der Waals surface area contributed by atoms with Crippen molar-refractivity contribution in [2.75, 3.05) is 0 Å². The highest BCUT2D eigenvalue weighted by atomic mass is 35.5. The fraction of sp³-hybridized carbons (Fsp3) is 0.200. The molecular formula is C15H14Cl2O2. The molecule has 19 heavy (non-hydrogen) atoms. The number of aliphatic hydroxyl groups is 1. The van der Waals surface area contributed by atoms with Gasteiger partial charge >= 0.3 is 0 Å². The summed E-state index contributed by atoms with van der Waals surface area (Å²) in [6.07, 6.45) is -1.11. The molecule has 0 aromatic heterocycles. The Balaban J connectivity index is 2.07. The Kier molecular flexibility index (Phi) is 4.70. The summed E-state index contributed by atoms with van der Waals surface area (Å²) in [7, 11) is 0. The SMILES string of the molecule is CC(Oc1cccc(Cl)c1)C(O)c1ccc(Cl)cc1. The molecule has 0 bridgehead atoms. The van der Waals surface area contributed by atoms with E-state index in [1.807, 2.05) is 0 Å². The fourth-order valence-corrected chi connectivity index (χ4v) is 2.06. The maximum Gasteiger partial charge on any atom is 0.126 e. The Morgan fingerprint density at radius 3 is 2.32 bits per heavy atom. The monoisotopic (exact) mass is 296 g/mol. The third kappa shape index (κ3) is 3.87. The summed E-state index contributed by atoms with van der Waals surface area (Å²) in [5, 5.41) is 11.5. The molecule has 0 saturated carbocycles. The van der Waals surface area contributed by atoms with Gasteiger partial charge in [-0.3, -0.25) is 0 Å². The molecule has 0 amide bonds. The van der Waals surface area contributed by atoms with Gasteiger partial charge in [0.1, 0.15) is 18.0 Å². The second kappa shape index (κ2) is 6.29. The average Bonchev–Trinajstić information content (AvgIpc) is 2.39. The van der Waals surface area contributed by atoms with Crippen LogP contribution in [0.15, 0.2) is 48.5 Å². The Morgan fingerprint density at radius 1 is 1.00 bits per heavy atom. The standard InChI is InChI=1S/C15H14Cl2O2/c1-10(19-14-4-2-3-13(17)9-14)15(18)11-5-7-12(16)8-6-11/h2-10,15,18H,1H3. The predicted molar refractivity (Wildman–Crippen MR) is 78.0 cm³/mol. The molecule has 0 aliphatic rings. The van der Waals surface area contributed by atoms with Crippen LogP contribution >= 0.6 is 23.2 Å². The number of rotatable bonds is 4. The number of hydrogen-bond acceptors (Lipinski definition) is 2. The minimum Gasteiger partial charge on any atom is -0.488 e. The van der Waals surface area contributed by atoms with Crippen LogP contribution in [0, 0.1) is 0 Å². The van der Waals surface area contributed by atoms with Crippen molar-refractivity contribution in [3.8, 4) is 5.75 Å². The first-order valence-electron chi connectivity index (χ1n) is 5.92. The Hall–Kier alpha value is -1.22. The van der Waals surface area contributed by atoms with Gasteiger partial charge in [-0.05, 0) is 42.8 Å². The van der Waals surface area contributed by atoms with Gasteiger partial charge in [-0.1, -0.05) is 41.4 Å². The van der Waals surface area contributed by atoms with E-state index in [0.717, 1.165) is 5.56 Å². The molecular weight excluding hydrogens is 283 g/mol. The van der Waals surface area contributed by atoms with Crippen LogP contribution in [0.5, 0.6) is 5.75 Å². The minimum atomic E-state index is -0.726. The third-order valence-corrected chi connectivity index (χ3v) is 3.26. The van der Waals surface area contributed by atoms with Crippen molar-refractivity contribution in [1.29, 1.82) is 0 Å². The maximum absolute atomic E-state index is 10.2. The van der Waals surface area contributed by atoms with Gasteiger partial charge in [0.05, 0.1) is 0 Å². The summed E-state index contributed by atoms with van der Waals surface area (Å²) in [5.41, 5.74) is 0.763. The Labute approximate surface area is 122 Å². The summed E-state index contributed by atoms with van der Waals surface area (Å²) in [4.78, 5) is 0. The van der Waals surface area contributed by atoms with Gasteiger partial charge < -0.3 is 9.84 Å². The van der Waals surface area contributed by atoms with Crippen LogP contribution in [0.3, 0.4) is 0 Å². The second-order valence-electron chi connectivity index (χ2n) is 4.28. The second-order valence-corrected chi connectivity index (χ2v) is 5.15. The highest BCUT2D eigenvalue weighted by Gasteiger charge is 2.18. The molecule has 0 fully saturated rings. The summed E-state index contributed by atoms with van der Waals surface area (Å²) in [6, 6.07) is 14.1. The molecule has 2 unspecified atom stereocenters. The van der Waals surface area contributed by atoms with Gasteiger partial charge in [0, 0.05) is 10.0 Å². The van der Waals surface area contributed by atoms with Crippen LogP contribution in [0.2, 0.25) is 10.0 Å². The van der Waals surface area contributed by atoms with E-state index in [4.69, 9.17) is 27.9 Å². The van der Waals surface area contributed by atoms with E-state index in [0.29, 0.717) is 15.8 Å². The lowest BCUT2D eigenvalue weighted by atomic mass is 10.1. The number of ether oxygens (including phenoxy) is 1. The van der Waals surface area contributed by atoms with Gasteiger partial charge in [0.15, 0.2) is 0 Å². The highest BCUT2D eigenvalue weighted by Crippen LogP contribution is 2.24. The molecule has 1 N–H and O–H groups in total. The van der Waals surface area contributed by atoms with Crippen molar-refractivity contribution < 1.29 is 9.84 Å². The van der Waals surface area contributed by atoms with E-state index in [1.54, 1.807) is 55.5 Å². The summed E-state index contributed by atoms with van der Waals surface area (Å²) >= 11 is 11.7. The van der Waals surface area contributed by atoms with E-state index >= 15 is 0 Å². The molecule has 2 nitrogen and oxygen atoms in total. The summed E-state index contributed by atoms with van der Waals surface area (Å²) in [6.45, 7) is 1.81. The molecule has 2 aromatic carbocycles. The molecule has 2 atom stereocenters. The number of benzene rings is 2. The van der Waals surface area contributed by atoms with E-state index < -0.39 is 6.10 Å². The van der Waals surface area contributed by atoms with Crippen LogP contribution in [0.25, 0.3) is 0 Å². The van der Waals surface area contributed by atoms with E-state index in [-0.39, 0.29) is 6.10 Å². The lowest BCUT2D eigenvalue weighted by molar-refractivity contribution is 0.0468. The van der Waals surface area contributed by atoms with E-state index in [1.165, 1.54) is 0 Å². The normalized spacial score (nSPS) is 13.9. The first kappa shape index (κ1) is 14.2. The molecule has 0 aliphatic carbocycles. The van der Waals surface area contributed by atoms with Crippen LogP contribution in [-0.2, 0) is 0 Å². The number of halogens is 2. The molecule has 0 saturated heterocycles. The third-order valence-electron chi connectivity index (χ3n) is 2.77. The lowest BCUT2D eigenvalue weighted by Gasteiger charge is -2.21. The average molecular weight is 297 g/mol. The smallest absolute Gasteiger partial charge is 0.126 e. The van der Waals surface area contributed by atoms with Gasteiger partial charge in [0.25, 0.3) is 0 Å². The van der Waals surface area contributed by atoms with E-state index in [2.05, 4.69) is 0 Å². The molecule has 4 heteroatoms. The zero-order chi connectivity index (χ0) is 13.8. The fourth-order valence-electron chi connectivity index (χ4n) is 1.75. The zero-order valence-electron chi connectivity index (χ0n) is 10.4. The van der Waals surface area contributed by atoms with Crippen LogP contribution < -0.4 is 4.74 Å². The van der Waals surface area contributed by atoms with Crippen molar-refractivity contribution in [3.05, 3.63) is 64.1 Å². The van der Waals surface area contributed by atoms with Crippen molar-refractivity contribution in [2.45, 2.75) is 19.1 Å². The van der Waals surface area contributed by atoms with Crippen molar-refractivity contribution in [2.24, 2.45) is 0 Å². The van der Waals surface area contributed by atoms with Crippen molar-refractivity contribution in [1.82, 2.24) is 0 Å². The van der Waals surface area contributed by atoms with Crippen LogP contribution in [0.1, 0.15) is 18.6 Å². The zero-order valence-corrected chi connectivity index (χ0v) is 11.9. The van der Waals surface area contributed by atoms with E-state index in [9.17, 15) is 5.11 Å². The molecule has 2 rings (SSSR count). The van der Waals surface area contributed by atoms with Crippen molar-refractivity contribution in [3.63, 3.8) is 0 Å². The first-order valence-corrected chi connectivity index (χ1v) is 6.67. The van der Waals surface area contributed by atoms with Crippen molar-refractivity contribution >= 4 is 23.2 Å². The summed E-state index contributed by atoms with van der Waals surface area (Å²) in [5.74, 6) is 0.632. The largest absolute Gasteiger partial charge is 0.488 e. The molecule has 0 spiro atoms.